The Kier molecular flexibility index (Phi) is 6.41. The van der Waals surface area contributed by atoms with Crippen molar-refractivity contribution >= 4 is 11.6 Å². The molecule has 0 radical (unpaired) electrons. The predicted molar refractivity (Wildman–Crippen MR) is 104 cm³/mol. The largest absolute Gasteiger partial charge is 0.489 e. The first-order valence-corrected chi connectivity index (χ1v) is 9.46. The lowest BCUT2D eigenvalue weighted by molar-refractivity contribution is 0.0849. The third-order valence-corrected chi connectivity index (χ3v) is 5.03. The average Bonchev–Trinajstić information content (AvgIpc) is 3.10. The first kappa shape index (κ1) is 19.0. The molecule has 4 nitrogen and oxygen atoms in total. The maximum absolute atomic E-state index is 9.75. The van der Waals surface area contributed by atoms with Gasteiger partial charge in [-0.25, -0.2) is 0 Å². The molecule has 2 aromatic carbocycles. The van der Waals surface area contributed by atoms with Crippen LogP contribution in [0, 0.1) is 0 Å². The van der Waals surface area contributed by atoms with Crippen molar-refractivity contribution in [2.24, 2.45) is 0 Å². The van der Waals surface area contributed by atoms with E-state index in [4.69, 9.17) is 21.1 Å². The van der Waals surface area contributed by atoms with E-state index >= 15 is 0 Å². The normalized spacial score (nSPS) is 21.0. The lowest BCUT2D eigenvalue weighted by atomic mass is 10.0. The summed E-state index contributed by atoms with van der Waals surface area (Å²) >= 11 is 6.15. The minimum atomic E-state index is -0.369. The number of hydrogen-bond donors (Lipinski definition) is 2. The molecular formula is C21H26ClNO3. The molecule has 1 aliphatic rings. The van der Waals surface area contributed by atoms with Crippen LogP contribution in [0.4, 0.5) is 0 Å². The second-order valence-corrected chi connectivity index (χ2v) is 7.39. The molecule has 1 aliphatic heterocycles. The fourth-order valence-electron chi connectivity index (χ4n) is 3.18. The molecule has 2 N–H and O–H groups in total. The number of halogens is 1. The number of benzene rings is 2. The number of aliphatic hydroxyl groups is 1. The van der Waals surface area contributed by atoms with Gasteiger partial charge in [0, 0.05) is 19.0 Å². The van der Waals surface area contributed by atoms with Gasteiger partial charge in [-0.05, 0) is 35.7 Å². The molecule has 1 fully saturated rings. The van der Waals surface area contributed by atoms with Crippen LogP contribution in [-0.4, -0.2) is 36.5 Å². The van der Waals surface area contributed by atoms with E-state index in [0.29, 0.717) is 16.7 Å². The standard InChI is InChI=1S/C21H26ClNO3/c1-14(2)15-7-9-16(10-8-15)25-17-11-19(23-12-17)21(13-24)26-20-6-4-3-5-18(20)22/h3-10,14,17,19,21,23-24H,11-13H2,1-2H3/t17-,19?,21?/m1/s1. The van der Waals surface area contributed by atoms with Gasteiger partial charge < -0.3 is 19.9 Å². The molecule has 0 aliphatic carbocycles. The zero-order valence-electron chi connectivity index (χ0n) is 15.2. The van der Waals surface area contributed by atoms with Crippen LogP contribution >= 0.6 is 11.6 Å². The van der Waals surface area contributed by atoms with E-state index in [1.54, 1.807) is 6.07 Å². The summed E-state index contributed by atoms with van der Waals surface area (Å²) in [6, 6.07) is 15.6. The molecule has 1 heterocycles. The van der Waals surface area contributed by atoms with Crippen molar-refractivity contribution in [3.05, 3.63) is 59.1 Å². The van der Waals surface area contributed by atoms with Gasteiger partial charge in [-0.15, -0.1) is 0 Å². The highest BCUT2D eigenvalue weighted by atomic mass is 35.5. The van der Waals surface area contributed by atoms with Crippen LogP contribution in [0.1, 0.15) is 31.7 Å². The topological polar surface area (TPSA) is 50.7 Å². The number of para-hydroxylation sites is 1. The second-order valence-electron chi connectivity index (χ2n) is 6.98. The van der Waals surface area contributed by atoms with E-state index in [2.05, 4.69) is 31.3 Å². The molecule has 1 saturated heterocycles. The number of nitrogens with one attached hydrogen (secondary N) is 1. The Morgan fingerprint density at radius 1 is 1.15 bits per heavy atom. The van der Waals surface area contributed by atoms with Crippen molar-refractivity contribution in [1.29, 1.82) is 0 Å². The summed E-state index contributed by atoms with van der Waals surface area (Å²) in [5, 5.41) is 13.7. The molecule has 0 amide bonds. The number of rotatable bonds is 7. The molecule has 3 rings (SSSR count). The Morgan fingerprint density at radius 3 is 2.54 bits per heavy atom. The van der Waals surface area contributed by atoms with Gasteiger partial charge in [0.05, 0.1) is 11.6 Å². The fourth-order valence-corrected chi connectivity index (χ4v) is 3.36. The minimum absolute atomic E-state index is 0.0104. The zero-order chi connectivity index (χ0) is 18.5. The molecule has 26 heavy (non-hydrogen) atoms. The highest BCUT2D eigenvalue weighted by molar-refractivity contribution is 6.32. The van der Waals surface area contributed by atoms with Crippen molar-refractivity contribution in [3.63, 3.8) is 0 Å². The molecule has 2 aromatic rings. The summed E-state index contributed by atoms with van der Waals surface area (Å²) in [6.45, 7) is 4.99. The SMILES string of the molecule is CC(C)c1ccc(O[C@H]2CNC(C(CO)Oc3ccccc3Cl)C2)cc1. The van der Waals surface area contributed by atoms with Gasteiger partial charge in [0.25, 0.3) is 0 Å². The van der Waals surface area contributed by atoms with E-state index in [-0.39, 0.29) is 24.9 Å². The first-order chi connectivity index (χ1) is 12.6. The summed E-state index contributed by atoms with van der Waals surface area (Å²) in [6.07, 6.45) is 0.447. The van der Waals surface area contributed by atoms with Gasteiger partial charge in [0.1, 0.15) is 23.7 Å². The number of aliphatic hydroxyl groups excluding tert-OH is 1. The summed E-state index contributed by atoms with van der Waals surface area (Å²) in [4.78, 5) is 0. The van der Waals surface area contributed by atoms with Crippen LogP contribution in [0.2, 0.25) is 5.02 Å². The van der Waals surface area contributed by atoms with Gasteiger partial charge in [0.2, 0.25) is 0 Å². The lowest BCUT2D eigenvalue weighted by Crippen LogP contribution is -2.41. The van der Waals surface area contributed by atoms with Crippen LogP contribution in [0.3, 0.4) is 0 Å². The number of ether oxygens (including phenoxy) is 2. The van der Waals surface area contributed by atoms with E-state index in [1.807, 2.05) is 30.3 Å². The third kappa shape index (κ3) is 4.70. The Morgan fingerprint density at radius 2 is 1.88 bits per heavy atom. The van der Waals surface area contributed by atoms with E-state index < -0.39 is 0 Å². The van der Waals surface area contributed by atoms with Gasteiger partial charge in [-0.1, -0.05) is 49.7 Å². The monoisotopic (exact) mass is 375 g/mol. The maximum Gasteiger partial charge on any atom is 0.138 e. The Hall–Kier alpha value is -1.75. The average molecular weight is 376 g/mol. The fraction of sp³-hybridized carbons (Fsp3) is 0.429. The number of hydrogen-bond acceptors (Lipinski definition) is 4. The van der Waals surface area contributed by atoms with Crippen molar-refractivity contribution < 1.29 is 14.6 Å². The minimum Gasteiger partial charge on any atom is -0.489 e. The van der Waals surface area contributed by atoms with E-state index in [9.17, 15) is 5.11 Å². The van der Waals surface area contributed by atoms with Crippen molar-refractivity contribution in [1.82, 2.24) is 5.32 Å². The third-order valence-electron chi connectivity index (χ3n) is 4.72. The van der Waals surface area contributed by atoms with E-state index in [1.165, 1.54) is 5.56 Å². The molecule has 140 valence electrons. The quantitative estimate of drug-likeness (QED) is 0.767. The summed E-state index contributed by atoms with van der Waals surface area (Å²) in [7, 11) is 0. The van der Waals surface area contributed by atoms with Crippen molar-refractivity contribution in [2.75, 3.05) is 13.2 Å². The molecule has 5 heteroatoms. The Labute approximate surface area is 160 Å². The van der Waals surface area contributed by atoms with Crippen LogP contribution in [0.5, 0.6) is 11.5 Å². The Bertz CT molecular complexity index is 705. The molecule has 2 unspecified atom stereocenters. The lowest BCUT2D eigenvalue weighted by Gasteiger charge is -2.23. The Balaban J connectivity index is 1.57. The van der Waals surface area contributed by atoms with Crippen LogP contribution in [-0.2, 0) is 0 Å². The van der Waals surface area contributed by atoms with Gasteiger partial charge >= 0.3 is 0 Å². The molecular weight excluding hydrogens is 350 g/mol. The second kappa shape index (κ2) is 8.76. The molecule has 3 atom stereocenters. The molecule has 0 saturated carbocycles. The smallest absolute Gasteiger partial charge is 0.138 e. The summed E-state index contributed by atoms with van der Waals surface area (Å²) in [5.74, 6) is 1.96. The summed E-state index contributed by atoms with van der Waals surface area (Å²) in [5.41, 5.74) is 1.30. The van der Waals surface area contributed by atoms with Crippen LogP contribution < -0.4 is 14.8 Å². The highest BCUT2D eigenvalue weighted by Crippen LogP contribution is 2.27. The summed E-state index contributed by atoms with van der Waals surface area (Å²) < 4.78 is 12.0. The van der Waals surface area contributed by atoms with Gasteiger partial charge in [0.15, 0.2) is 0 Å². The van der Waals surface area contributed by atoms with Crippen molar-refractivity contribution in [2.45, 2.75) is 44.4 Å². The first-order valence-electron chi connectivity index (χ1n) is 9.09. The maximum atomic E-state index is 9.75. The highest BCUT2D eigenvalue weighted by Gasteiger charge is 2.33. The molecule has 0 spiro atoms. The van der Waals surface area contributed by atoms with Crippen LogP contribution in [0.15, 0.2) is 48.5 Å². The van der Waals surface area contributed by atoms with Crippen LogP contribution in [0.25, 0.3) is 0 Å². The molecule has 0 bridgehead atoms. The molecule has 0 aromatic heterocycles. The van der Waals surface area contributed by atoms with E-state index in [0.717, 1.165) is 18.7 Å². The predicted octanol–water partition coefficient (Wildman–Crippen LogP) is 4.01. The zero-order valence-corrected chi connectivity index (χ0v) is 15.9. The van der Waals surface area contributed by atoms with Crippen molar-refractivity contribution in [3.8, 4) is 11.5 Å². The van der Waals surface area contributed by atoms with Gasteiger partial charge in [-0.3, -0.25) is 0 Å². The van der Waals surface area contributed by atoms with Gasteiger partial charge in [-0.2, -0.15) is 0 Å².